The lowest BCUT2D eigenvalue weighted by Crippen LogP contribution is -2.32. The lowest BCUT2D eigenvalue weighted by atomic mass is 10.0. The molecule has 1 N–H and O–H groups in total. The fourth-order valence-corrected chi connectivity index (χ4v) is 3.01. The normalized spacial score (nSPS) is 11.9. The van der Waals surface area contributed by atoms with Gasteiger partial charge in [0.15, 0.2) is 6.61 Å². The number of hydrogen-bond acceptors (Lipinski definition) is 3. The first-order valence-corrected chi connectivity index (χ1v) is 9.11. The Balaban J connectivity index is 2.01. The van der Waals surface area contributed by atoms with Gasteiger partial charge in [-0.25, -0.2) is 0 Å². The average Bonchev–Trinajstić information content (AvgIpc) is 2.64. The van der Waals surface area contributed by atoms with Crippen molar-refractivity contribution in [3.63, 3.8) is 0 Å². The van der Waals surface area contributed by atoms with E-state index in [0.29, 0.717) is 5.92 Å². The maximum Gasteiger partial charge on any atom is 0.258 e. The molecule has 4 heteroatoms. The first-order valence-electron chi connectivity index (χ1n) is 9.11. The van der Waals surface area contributed by atoms with Crippen molar-refractivity contribution < 1.29 is 14.3 Å². The second-order valence-electron chi connectivity index (χ2n) is 6.74. The maximum atomic E-state index is 12.4. The molecular formula is C22H29NO3. The molecule has 2 aromatic carbocycles. The number of para-hydroxylation sites is 1. The van der Waals surface area contributed by atoms with Crippen molar-refractivity contribution in [1.29, 1.82) is 0 Å². The molecule has 0 radical (unpaired) electrons. The summed E-state index contributed by atoms with van der Waals surface area (Å²) >= 11 is 0. The van der Waals surface area contributed by atoms with Gasteiger partial charge in [-0.3, -0.25) is 4.79 Å². The largest absolute Gasteiger partial charge is 0.496 e. The summed E-state index contributed by atoms with van der Waals surface area (Å²) in [5.41, 5.74) is 3.24. The summed E-state index contributed by atoms with van der Waals surface area (Å²) in [5.74, 6) is 1.85. The van der Waals surface area contributed by atoms with E-state index < -0.39 is 0 Å². The zero-order valence-corrected chi connectivity index (χ0v) is 16.3. The highest BCUT2D eigenvalue weighted by atomic mass is 16.5. The number of hydrogen-bond donors (Lipinski definition) is 1. The number of amides is 1. The molecule has 0 aliphatic carbocycles. The molecule has 1 atom stereocenters. The van der Waals surface area contributed by atoms with E-state index in [1.165, 1.54) is 0 Å². The lowest BCUT2D eigenvalue weighted by Gasteiger charge is -2.19. The molecule has 140 valence electrons. The minimum absolute atomic E-state index is 0.00930. The molecule has 0 unspecified atom stereocenters. The Kier molecular flexibility index (Phi) is 7.07. The fraction of sp³-hybridized carbons (Fsp3) is 0.409. The Morgan fingerprint density at radius 2 is 1.85 bits per heavy atom. The Labute approximate surface area is 156 Å². The van der Waals surface area contributed by atoms with E-state index in [-0.39, 0.29) is 18.6 Å². The zero-order valence-electron chi connectivity index (χ0n) is 16.3. The highest BCUT2D eigenvalue weighted by Crippen LogP contribution is 2.26. The highest BCUT2D eigenvalue weighted by molar-refractivity contribution is 5.78. The summed E-state index contributed by atoms with van der Waals surface area (Å²) in [6.07, 6.45) is 0.806. The summed E-state index contributed by atoms with van der Waals surface area (Å²) < 4.78 is 11.1. The number of carbonyl (C=O) groups excluding carboxylic acids is 1. The van der Waals surface area contributed by atoms with Crippen LogP contribution in [0.15, 0.2) is 42.5 Å². The average molecular weight is 355 g/mol. The molecule has 0 fully saturated rings. The first-order chi connectivity index (χ1) is 12.5. The number of nitrogens with one attached hydrogen (secondary N) is 1. The minimum Gasteiger partial charge on any atom is -0.496 e. The molecule has 0 saturated heterocycles. The smallest absolute Gasteiger partial charge is 0.258 e. The highest BCUT2D eigenvalue weighted by Gasteiger charge is 2.15. The van der Waals surface area contributed by atoms with Crippen molar-refractivity contribution in [3.05, 3.63) is 59.2 Å². The van der Waals surface area contributed by atoms with Gasteiger partial charge in [-0.2, -0.15) is 0 Å². The van der Waals surface area contributed by atoms with Crippen LogP contribution in [0.4, 0.5) is 0 Å². The molecule has 0 aliphatic heterocycles. The summed E-state index contributed by atoms with van der Waals surface area (Å²) in [4.78, 5) is 12.4. The van der Waals surface area contributed by atoms with Crippen LogP contribution in [0.5, 0.6) is 11.5 Å². The quantitative estimate of drug-likeness (QED) is 0.742. The SMILES string of the molecule is CC[C@@H](NC(=O)COc1ccccc1C(C)C)c1ccc(OC)c(C)c1. The zero-order chi connectivity index (χ0) is 19.1. The summed E-state index contributed by atoms with van der Waals surface area (Å²) in [7, 11) is 1.66. The van der Waals surface area contributed by atoms with Crippen molar-refractivity contribution in [1.82, 2.24) is 5.32 Å². The Morgan fingerprint density at radius 3 is 2.46 bits per heavy atom. The van der Waals surface area contributed by atoms with Crippen LogP contribution in [0.3, 0.4) is 0 Å². The second-order valence-corrected chi connectivity index (χ2v) is 6.74. The Hall–Kier alpha value is -2.49. The molecule has 0 aromatic heterocycles. The van der Waals surface area contributed by atoms with E-state index in [1.807, 2.05) is 43.3 Å². The van der Waals surface area contributed by atoms with Crippen LogP contribution in [-0.4, -0.2) is 19.6 Å². The molecule has 1 amide bonds. The lowest BCUT2D eigenvalue weighted by molar-refractivity contribution is -0.123. The first kappa shape index (κ1) is 19.8. The van der Waals surface area contributed by atoms with Crippen molar-refractivity contribution >= 4 is 5.91 Å². The number of methoxy groups -OCH3 is 1. The van der Waals surface area contributed by atoms with E-state index in [2.05, 4.69) is 32.2 Å². The molecular weight excluding hydrogens is 326 g/mol. The predicted molar refractivity (Wildman–Crippen MR) is 105 cm³/mol. The number of benzene rings is 2. The van der Waals surface area contributed by atoms with E-state index in [9.17, 15) is 4.79 Å². The van der Waals surface area contributed by atoms with Crippen LogP contribution >= 0.6 is 0 Å². The molecule has 0 spiro atoms. The third kappa shape index (κ3) is 5.01. The number of carbonyl (C=O) groups is 1. The standard InChI is InChI=1S/C22H29NO3/c1-6-19(17-11-12-20(25-5)16(4)13-17)23-22(24)14-26-21-10-8-7-9-18(21)15(2)3/h7-13,15,19H,6,14H2,1-5H3,(H,23,24)/t19-/m1/s1. The Morgan fingerprint density at radius 1 is 1.12 bits per heavy atom. The van der Waals surface area contributed by atoms with Crippen molar-refractivity contribution in [2.45, 2.75) is 46.1 Å². The van der Waals surface area contributed by atoms with Crippen LogP contribution in [0.1, 0.15) is 55.8 Å². The topological polar surface area (TPSA) is 47.6 Å². The van der Waals surface area contributed by atoms with Gasteiger partial charge >= 0.3 is 0 Å². The molecule has 4 nitrogen and oxygen atoms in total. The van der Waals surface area contributed by atoms with E-state index in [4.69, 9.17) is 9.47 Å². The third-order valence-electron chi connectivity index (χ3n) is 4.46. The third-order valence-corrected chi connectivity index (χ3v) is 4.46. The van der Waals surface area contributed by atoms with Gasteiger partial charge in [-0.15, -0.1) is 0 Å². The van der Waals surface area contributed by atoms with E-state index in [1.54, 1.807) is 7.11 Å². The van der Waals surface area contributed by atoms with E-state index >= 15 is 0 Å². The molecule has 0 aliphatic rings. The van der Waals surface area contributed by atoms with Crippen molar-refractivity contribution in [2.75, 3.05) is 13.7 Å². The van der Waals surface area contributed by atoms with Gasteiger partial charge in [0, 0.05) is 0 Å². The summed E-state index contributed by atoms with van der Waals surface area (Å²) in [6.45, 7) is 8.29. The number of ether oxygens (including phenoxy) is 2. The summed E-state index contributed by atoms with van der Waals surface area (Å²) in [6, 6.07) is 13.8. The molecule has 2 aromatic rings. The second kappa shape index (κ2) is 9.27. The van der Waals surface area contributed by atoms with Crippen molar-refractivity contribution in [2.24, 2.45) is 0 Å². The molecule has 2 rings (SSSR count). The fourth-order valence-electron chi connectivity index (χ4n) is 3.01. The van der Waals surface area contributed by atoms with Gasteiger partial charge < -0.3 is 14.8 Å². The van der Waals surface area contributed by atoms with Gasteiger partial charge in [0.25, 0.3) is 5.91 Å². The summed E-state index contributed by atoms with van der Waals surface area (Å²) in [5, 5.41) is 3.06. The number of rotatable bonds is 8. The van der Waals surface area contributed by atoms with Crippen LogP contribution in [-0.2, 0) is 4.79 Å². The predicted octanol–water partition coefficient (Wildman–Crippen LogP) is 4.77. The molecule has 0 bridgehead atoms. The van der Waals surface area contributed by atoms with Crippen LogP contribution in [0, 0.1) is 6.92 Å². The van der Waals surface area contributed by atoms with Crippen LogP contribution in [0.25, 0.3) is 0 Å². The van der Waals surface area contributed by atoms with Gasteiger partial charge in [0.1, 0.15) is 11.5 Å². The van der Waals surface area contributed by atoms with Gasteiger partial charge in [-0.05, 0) is 48.1 Å². The van der Waals surface area contributed by atoms with Gasteiger partial charge in [0.05, 0.1) is 13.2 Å². The minimum atomic E-state index is -0.121. The van der Waals surface area contributed by atoms with Crippen LogP contribution < -0.4 is 14.8 Å². The molecule has 26 heavy (non-hydrogen) atoms. The molecule has 0 saturated carbocycles. The monoisotopic (exact) mass is 355 g/mol. The maximum absolute atomic E-state index is 12.4. The van der Waals surface area contributed by atoms with Crippen LogP contribution in [0.2, 0.25) is 0 Å². The van der Waals surface area contributed by atoms with Crippen molar-refractivity contribution in [3.8, 4) is 11.5 Å². The van der Waals surface area contributed by atoms with Gasteiger partial charge in [-0.1, -0.05) is 51.1 Å². The van der Waals surface area contributed by atoms with E-state index in [0.717, 1.165) is 34.6 Å². The Bertz CT molecular complexity index is 740. The molecule has 0 heterocycles. The van der Waals surface area contributed by atoms with Gasteiger partial charge in [0.2, 0.25) is 0 Å². The number of aryl methyl sites for hydroxylation is 1.